The zero-order chi connectivity index (χ0) is 13.9. The number of halogens is 1. The summed E-state index contributed by atoms with van der Waals surface area (Å²) in [7, 11) is 0. The molecule has 1 aliphatic rings. The van der Waals surface area contributed by atoms with Crippen LogP contribution >= 0.6 is 0 Å². The lowest BCUT2D eigenvalue weighted by Crippen LogP contribution is -2.35. The van der Waals surface area contributed by atoms with E-state index in [4.69, 9.17) is 4.74 Å². The molecule has 2 nitrogen and oxygen atoms in total. The molecule has 2 aromatic rings. The first kappa shape index (κ1) is 13.3. The van der Waals surface area contributed by atoms with E-state index >= 15 is 0 Å². The quantitative estimate of drug-likeness (QED) is 0.902. The summed E-state index contributed by atoms with van der Waals surface area (Å²) < 4.78 is 19.1. The average molecular weight is 271 g/mol. The summed E-state index contributed by atoms with van der Waals surface area (Å²) >= 11 is 0. The smallest absolute Gasteiger partial charge is 0.123 e. The highest BCUT2D eigenvalue weighted by Crippen LogP contribution is 2.29. The van der Waals surface area contributed by atoms with Crippen LogP contribution in [-0.2, 0) is 4.74 Å². The molecule has 1 saturated heterocycles. The maximum atomic E-state index is 13.0. The number of aryl methyl sites for hydroxylation is 1. The van der Waals surface area contributed by atoms with Gasteiger partial charge in [0.1, 0.15) is 5.82 Å². The third-order valence-corrected chi connectivity index (χ3v) is 3.68. The highest BCUT2D eigenvalue weighted by Gasteiger charge is 2.24. The topological polar surface area (TPSA) is 21.3 Å². The van der Waals surface area contributed by atoms with Crippen LogP contribution < -0.4 is 5.32 Å². The second-order valence-corrected chi connectivity index (χ2v) is 5.23. The molecule has 0 aromatic heterocycles. The molecule has 1 fully saturated rings. The van der Waals surface area contributed by atoms with Crippen molar-refractivity contribution in [2.75, 3.05) is 13.1 Å². The number of benzene rings is 2. The molecule has 0 amide bonds. The van der Waals surface area contributed by atoms with Gasteiger partial charge in [0.25, 0.3) is 0 Å². The van der Waals surface area contributed by atoms with Crippen LogP contribution in [0.5, 0.6) is 0 Å². The van der Waals surface area contributed by atoms with Crippen LogP contribution in [0.25, 0.3) is 0 Å². The fourth-order valence-electron chi connectivity index (χ4n) is 2.49. The standard InChI is InChI=1S/C17H18FNO/c1-12-2-4-13(5-3-12)16-10-19-11-17(20-16)14-6-8-15(18)9-7-14/h2-9,16-17,19H,10-11H2,1H3. The first-order valence-corrected chi connectivity index (χ1v) is 6.90. The Morgan fingerprint density at radius 1 is 0.900 bits per heavy atom. The third-order valence-electron chi connectivity index (χ3n) is 3.68. The molecule has 0 bridgehead atoms. The minimum Gasteiger partial charge on any atom is -0.363 e. The molecule has 2 atom stereocenters. The third kappa shape index (κ3) is 2.89. The minimum absolute atomic E-state index is 0.0318. The van der Waals surface area contributed by atoms with E-state index in [0.29, 0.717) is 0 Å². The summed E-state index contributed by atoms with van der Waals surface area (Å²) in [6.07, 6.45) is 0.00931. The van der Waals surface area contributed by atoms with Gasteiger partial charge < -0.3 is 10.1 Å². The summed E-state index contributed by atoms with van der Waals surface area (Å²) in [5, 5.41) is 3.39. The highest BCUT2D eigenvalue weighted by atomic mass is 19.1. The van der Waals surface area contributed by atoms with Gasteiger partial charge in [-0.25, -0.2) is 4.39 Å². The average Bonchev–Trinajstić information content (AvgIpc) is 2.49. The summed E-state index contributed by atoms with van der Waals surface area (Å²) in [6.45, 7) is 3.64. The molecule has 0 saturated carbocycles. The van der Waals surface area contributed by atoms with Crippen molar-refractivity contribution in [2.45, 2.75) is 19.1 Å². The molecule has 3 heteroatoms. The molecule has 1 N–H and O–H groups in total. The van der Waals surface area contributed by atoms with Gasteiger partial charge in [-0.3, -0.25) is 0 Å². The van der Waals surface area contributed by atoms with Crippen LogP contribution in [0.2, 0.25) is 0 Å². The Morgan fingerprint density at radius 2 is 1.40 bits per heavy atom. The molecule has 20 heavy (non-hydrogen) atoms. The number of ether oxygens (including phenoxy) is 1. The Balaban J connectivity index is 1.76. The Morgan fingerprint density at radius 3 is 1.95 bits per heavy atom. The van der Waals surface area contributed by atoms with Gasteiger partial charge in [-0.1, -0.05) is 42.0 Å². The van der Waals surface area contributed by atoms with Gasteiger partial charge in [0, 0.05) is 13.1 Å². The van der Waals surface area contributed by atoms with Gasteiger partial charge in [0.05, 0.1) is 12.2 Å². The lowest BCUT2D eigenvalue weighted by Gasteiger charge is -2.31. The second kappa shape index (κ2) is 5.73. The van der Waals surface area contributed by atoms with Crippen molar-refractivity contribution < 1.29 is 9.13 Å². The molecular weight excluding hydrogens is 253 g/mol. The van der Waals surface area contributed by atoms with Gasteiger partial charge in [0.15, 0.2) is 0 Å². The monoisotopic (exact) mass is 271 g/mol. The Labute approximate surface area is 118 Å². The second-order valence-electron chi connectivity index (χ2n) is 5.23. The fraction of sp³-hybridized carbons (Fsp3) is 0.294. The van der Waals surface area contributed by atoms with E-state index in [9.17, 15) is 4.39 Å². The van der Waals surface area contributed by atoms with Crippen LogP contribution in [0.15, 0.2) is 48.5 Å². The molecule has 1 heterocycles. The molecule has 2 aromatic carbocycles. The van der Waals surface area contributed by atoms with E-state index in [1.807, 2.05) is 0 Å². The fourth-order valence-corrected chi connectivity index (χ4v) is 2.49. The molecule has 104 valence electrons. The van der Waals surface area contributed by atoms with Crippen molar-refractivity contribution in [3.8, 4) is 0 Å². The lowest BCUT2D eigenvalue weighted by atomic mass is 10.0. The predicted octanol–water partition coefficient (Wildman–Crippen LogP) is 3.54. The molecular formula is C17H18FNO. The van der Waals surface area contributed by atoms with Crippen LogP contribution in [0.3, 0.4) is 0 Å². The van der Waals surface area contributed by atoms with Gasteiger partial charge >= 0.3 is 0 Å². The van der Waals surface area contributed by atoms with Gasteiger partial charge in [-0.2, -0.15) is 0 Å². The van der Waals surface area contributed by atoms with Crippen LogP contribution in [0.1, 0.15) is 28.9 Å². The van der Waals surface area contributed by atoms with E-state index in [1.54, 1.807) is 12.1 Å². The van der Waals surface area contributed by atoms with Gasteiger partial charge in [-0.15, -0.1) is 0 Å². The molecule has 0 aliphatic carbocycles. The summed E-state index contributed by atoms with van der Waals surface area (Å²) in [4.78, 5) is 0. The van der Waals surface area contributed by atoms with Crippen molar-refractivity contribution in [3.05, 3.63) is 71.0 Å². The normalized spacial score (nSPS) is 22.7. The van der Waals surface area contributed by atoms with E-state index < -0.39 is 0 Å². The maximum absolute atomic E-state index is 13.0. The Kier molecular flexibility index (Phi) is 3.81. The van der Waals surface area contributed by atoms with E-state index in [2.05, 4.69) is 36.5 Å². The first-order chi connectivity index (χ1) is 9.72. The van der Waals surface area contributed by atoms with Crippen LogP contribution in [-0.4, -0.2) is 13.1 Å². The van der Waals surface area contributed by atoms with Crippen molar-refractivity contribution in [1.29, 1.82) is 0 Å². The lowest BCUT2D eigenvalue weighted by molar-refractivity contribution is -0.0406. The van der Waals surface area contributed by atoms with Gasteiger partial charge in [0.2, 0.25) is 0 Å². The summed E-state index contributed by atoms with van der Waals surface area (Å²) in [5.74, 6) is -0.215. The number of morpholine rings is 1. The summed E-state index contributed by atoms with van der Waals surface area (Å²) in [5.41, 5.74) is 3.43. The number of hydrogen-bond acceptors (Lipinski definition) is 2. The molecule has 0 spiro atoms. The molecule has 3 rings (SSSR count). The van der Waals surface area contributed by atoms with Crippen LogP contribution in [0, 0.1) is 12.7 Å². The molecule has 0 radical (unpaired) electrons. The van der Waals surface area contributed by atoms with Crippen molar-refractivity contribution in [1.82, 2.24) is 5.32 Å². The zero-order valence-electron chi connectivity index (χ0n) is 11.5. The van der Waals surface area contributed by atoms with Gasteiger partial charge in [-0.05, 0) is 30.2 Å². The van der Waals surface area contributed by atoms with Crippen molar-refractivity contribution >= 4 is 0 Å². The zero-order valence-corrected chi connectivity index (χ0v) is 11.5. The first-order valence-electron chi connectivity index (χ1n) is 6.90. The summed E-state index contributed by atoms with van der Waals surface area (Å²) in [6, 6.07) is 14.9. The number of nitrogens with one attached hydrogen (secondary N) is 1. The largest absolute Gasteiger partial charge is 0.363 e. The molecule has 1 aliphatic heterocycles. The number of hydrogen-bond donors (Lipinski definition) is 1. The Hall–Kier alpha value is -1.71. The predicted molar refractivity (Wildman–Crippen MR) is 77.0 cm³/mol. The van der Waals surface area contributed by atoms with E-state index in [1.165, 1.54) is 23.3 Å². The van der Waals surface area contributed by atoms with Crippen molar-refractivity contribution in [2.24, 2.45) is 0 Å². The minimum atomic E-state index is -0.215. The van der Waals surface area contributed by atoms with Crippen LogP contribution in [0.4, 0.5) is 4.39 Å². The van der Waals surface area contributed by atoms with E-state index in [0.717, 1.165) is 18.7 Å². The maximum Gasteiger partial charge on any atom is 0.123 e. The molecule has 2 unspecified atom stereocenters. The SMILES string of the molecule is Cc1ccc(C2CNCC(c3ccc(F)cc3)O2)cc1. The highest BCUT2D eigenvalue weighted by molar-refractivity contribution is 5.25. The Bertz CT molecular complexity index is 513. The van der Waals surface area contributed by atoms with Crippen molar-refractivity contribution in [3.63, 3.8) is 0 Å². The van der Waals surface area contributed by atoms with E-state index in [-0.39, 0.29) is 18.0 Å². The number of rotatable bonds is 2.